The molecule has 0 aliphatic heterocycles. The van der Waals surface area contributed by atoms with Gasteiger partial charge in [-0.25, -0.2) is 0 Å². The van der Waals surface area contributed by atoms with Crippen LogP contribution in [0.4, 0.5) is 0 Å². The van der Waals surface area contributed by atoms with Gasteiger partial charge in [-0.2, -0.15) is 0 Å². The minimum atomic E-state index is -0.236. The van der Waals surface area contributed by atoms with Crippen molar-refractivity contribution >= 4 is 28.4 Å². The number of unbranched alkanes of at least 4 members (excludes halogenated alkanes) is 9. The van der Waals surface area contributed by atoms with E-state index in [0.29, 0.717) is 23.2 Å². The van der Waals surface area contributed by atoms with Crippen molar-refractivity contribution in [3.8, 4) is 5.75 Å². The monoisotopic (exact) mass is 431 g/mol. The van der Waals surface area contributed by atoms with E-state index in [2.05, 4.69) is 12.2 Å². The number of aliphatic hydroxyl groups is 1. The Labute approximate surface area is 185 Å². The second-order valence-electron chi connectivity index (χ2n) is 7.83. The lowest BCUT2D eigenvalue weighted by Gasteiger charge is -2.13. The van der Waals surface area contributed by atoms with E-state index >= 15 is 0 Å². The minimum absolute atomic E-state index is 0.0273. The van der Waals surface area contributed by atoms with Crippen LogP contribution < -0.4 is 5.32 Å². The highest BCUT2D eigenvalue weighted by atomic mass is 32.2. The molecule has 0 atom stereocenters. The first kappa shape index (κ1) is 24.5. The standard InChI is InChI=1S/C25H37NO3S/c1-2-3-4-5-6-7-8-9-10-13-16-26-25(29)22-19-23(30-18-17-27)20-14-11-12-15-21(20)24(22)28/h11-12,14-15,19,27-28H,2-10,13,16-18H2,1H3,(H,26,29). The summed E-state index contributed by atoms with van der Waals surface area (Å²) in [6, 6.07) is 9.27. The fraction of sp³-hybridized carbons (Fsp3) is 0.560. The zero-order valence-electron chi connectivity index (χ0n) is 18.3. The van der Waals surface area contributed by atoms with E-state index in [9.17, 15) is 9.90 Å². The molecule has 0 saturated heterocycles. The summed E-state index contributed by atoms with van der Waals surface area (Å²) >= 11 is 1.49. The Hall–Kier alpha value is -1.72. The van der Waals surface area contributed by atoms with Crippen LogP contribution in [-0.4, -0.2) is 35.0 Å². The van der Waals surface area contributed by atoms with Crippen molar-refractivity contribution in [1.29, 1.82) is 0 Å². The number of phenols is 1. The molecule has 5 heteroatoms. The van der Waals surface area contributed by atoms with Crippen molar-refractivity contribution < 1.29 is 15.0 Å². The van der Waals surface area contributed by atoms with Crippen LogP contribution in [0.2, 0.25) is 0 Å². The molecule has 2 aromatic rings. The van der Waals surface area contributed by atoms with Gasteiger partial charge in [0.1, 0.15) is 5.75 Å². The SMILES string of the molecule is CCCCCCCCCCCCNC(=O)c1cc(SCCO)c2ccccc2c1O. The van der Waals surface area contributed by atoms with Gasteiger partial charge in [0, 0.05) is 22.6 Å². The van der Waals surface area contributed by atoms with Crippen molar-refractivity contribution in [2.45, 2.75) is 76.0 Å². The van der Waals surface area contributed by atoms with Gasteiger partial charge in [-0.05, 0) is 17.9 Å². The fourth-order valence-electron chi connectivity index (χ4n) is 3.68. The second kappa shape index (κ2) is 14.3. The van der Waals surface area contributed by atoms with Gasteiger partial charge in [-0.1, -0.05) is 89.0 Å². The molecule has 3 N–H and O–H groups in total. The summed E-state index contributed by atoms with van der Waals surface area (Å²) in [6.45, 7) is 2.94. The third-order valence-electron chi connectivity index (χ3n) is 5.39. The van der Waals surface area contributed by atoms with E-state index < -0.39 is 0 Å². The molecule has 2 rings (SSSR count). The van der Waals surface area contributed by atoms with Crippen molar-refractivity contribution in [3.05, 3.63) is 35.9 Å². The summed E-state index contributed by atoms with van der Waals surface area (Å²) in [7, 11) is 0. The summed E-state index contributed by atoms with van der Waals surface area (Å²) < 4.78 is 0. The lowest BCUT2D eigenvalue weighted by atomic mass is 10.0. The first-order valence-corrected chi connectivity index (χ1v) is 12.4. The molecule has 0 unspecified atom stereocenters. The number of nitrogens with one attached hydrogen (secondary N) is 1. The molecule has 166 valence electrons. The number of benzene rings is 2. The molecule has 0 radical (unpaired) electrons. The first-order chi connectivity index (χ1) is 14.7. The molecular formula is C25H37NO3S. The maximum atomic E-state index is 12.7. The van der Waals surface area contributed by atoms with Crippen LogP contribution in [0.1, 0.15) is 81.5 Å². The lowest BCUT2D eigenvalue weighted by Crippen LogP contribution is -2.24. The molecule has 1 amide bonds. The van der Waals surface area contributed by atoms with Crippen molar-refractivity contribution in [2.24, 2.45) is 0 Å². The zero-order chi connectivity index (χ0) is 21.6. The highest BCUT2D eigenvalue weighted by Gasteiger charge is 2.17. The number of carbonyl (C=O) groups is 1. The van der Waals surface area contributed by atoms with E-state index in [1.165, 1.54) is 63.1 Å². The highest BCUT2D eigenvalue weighted by molar-refractivity contribution is 7.99. The van der Waals surface area contributed by atoms with Crippen LogP contribution in [0.25, 0.3) is 10.8 Å². The Balaban J connectivity index is 1.79. The zero-order valence-corrected chi connectivity index (χ0v) is 19.1. The number of aromatic hydroxyl groups is 1. The van der Waals surface area contributed by atoms with E-state index in [1.807, 2.05) is 24.3 Å². The van der Waals surface area contributed by atoms with Gasteiger partial charge in [-0.3, -0.25) is 4.79 Å². The Kier molecular flexibility index (Phi) is 11.7. The maximum Gasteiger partial charge on any atom is 0.255 e. The Morgan fingerprint density at radius 2 is 1.53 bits per heavy atom. The fourth-order valence-corrected chi connectivity index (χ4v) is 4.53. The molecule has 0 heterocycles. The number of carbonyl (C=O) groups excluding carboxylic acids is 1. The summed E-state index contributed by atoms with van der Waals surface area (Å²) in [6.07, 6.45) is 12.6. The third kappa shape index (κ3) is 7.84. The topological polar surface area (TPSA) is 69.6 Å². The molecule has 0 spiro atoms. The van der Waals surface area contributed by atoms with Crippen molar-refractivity contribution in [2.75, 3.05) is 18.9 Å². The molecule has 0 fully saturated rings. The van der Waals surface area contributed by atoms with Gasteiger partial charge >= 0.3 is 0 Å². The van der Waals surface area contributed by atoms with Crippen LogP contribution in [0.3, 0.4) is 0 Å². The van der Waals surface area contributed by atoms with Crippen LogP contribution in [0, 0.1) is 0 Å². The van der Waals surface area contributed by atoms with Crippen LogP contribution >= 0.6 is 11.8 Å². The molecule has 0 aliphatic rings. The van der Waals surface area contributed by atoms with E-state index in [4.69, 9.17) is 5.11 Å². The maximum absolute atomic E-state index is 12.7. The molecular weight excluding hydrogens is 394 g/mol. The van der Waals surface area contributed by atoms with E-state index in [-0.39, 0.29) is 18.3 Å². The molecule has 0 aliphatic carbocycles. The Morgan fingerprint density at radius 1 is 0.933 bits per heavy atom. The quantitative estimate of drug-likeness (QED) is 0.229. The number of fused-ring (bicyclic) bond motifs is 1. The third-order valence-corrected chi connectivity index (χ3v) is 6.42. The van der Waals surface area contributed by atoms with Gasteiger partial charge in [-0.15, -0.1) is 11.8 Å². The molecule has 30 heavy (non-hydrogen) atoms. The second-order valence-corrected chi connectivity index (χ2v) is 8.96. The van der Waals surface area contributed by atoms with Crippen molar-refractivity contribution in [3.63, 3.8) is 0 Å². The van der Waals surface area contributed by atoms with E-state index in [1.54, 1.807) is 6.07 Å². The number of hydrogen-bond donors (Lipinski definition) is 3. The molecule has 2 aromatic carbocycles. The van der Waals surface area contributed by atoms with E-state index in [0.717, 1.165) is 23.1 Å². The number of phenolic OH excluding ortho intramolecular Hbond substituents is 1. The van der Waals surface area contributed by atoms with Gasteiger partial charge in [0.2, 0.25) is 0 Å². The minimum Gasteiger partial charge on any atom is -0.506 e. The number of hydrogen-bond acceptors (Lipinski definition) is 4. The van der Waals surface area contributed by atoms with Gasteiger partial charge in [0.15, 0.2) is 0 Å². The Bertz CT molecular complexity index is 778. The average Bonchev–Trinajstić information content (AvgIpc) is 2.77. The number of rotatable bonds is 15. The Morgan fingerprint density at radius 3 is 2.17 bits per heavy atom. The summed E-state index contributed by atoms with van der Waals surface area (Å²) in [5.41, 5.74) is 0.307. The largest absolute Gasteiger partial charge is 0.506 e. The molecule has 4 nitrogen and oxygen atoms in total. The predicted molar refractivity (Wildman–Crippen MR) is 128 cm³/mol. The molecule has 0 aromatic heterocycles. The van der Waals surface area contributed by atoms with Gasteiger partial charge < -0.3 is 15.5 Å². The number of amides is 1. The smallest absolute Gasteiger partial charge is 0.255 e. The van der Waals surface area contributed by atoms with Gasteiger partial charge in [0.05, 0.1) is 12.2 Å². The average molecular weight is 432 g/mol. The van der Waals surface area contributed by atoms with Gasteiger partial charge in [0.25, 0.3) is 5.91 Å². The van der Waals surface area contributed by atoms with Crippen molar-refractivity contribution in [1.82, 2.24) is 5.32 Å². The lowest BCUT2D eigenvalue weighted by molar-refractivity contribution is 0.0950. The van der Waals surface area contributed by atoms with Crippen LogP contribution in [-0.2, 0) is 0 Å². The summed E-state index contributed by atoms with van der Waals surface area (Å²) in [5.74, 6) is 0.341. The number of thioether (sulfide) groups is 1. The highest BCUT2D eigenvalue weighted by Crippen LogP contribution is 2.36. The normalized spacial score (nSPS) is 11.1. The first-order valence-electron chi connectivity index (χ1n) is 11.5. The molecule has 0 saturated carbocycles. The summed E-state index contributed by atoms with van der Waals surface area (Å²) in [5, 5.41) is 24.3. The number of aliphatic hydroxyl groups excluding tert-OH is 1. The van der Waals surface area contributed by atoms with Crippen LogP contribution in [0.15, 0.2) is 35.2 Å². The molecule has 0 bridgehead atoms. The summed E-state index contributed by atoms with van der Waals surface area (Å²) in [4.78, 5) is 13.6. The van der Waals surface area contributed by atoms with Crippen LogP contribution in [0.5, 0.6) is 5.75 Å². The predicted octanol–water partition coefficient (Wildman–Crippen LogP) is 6.28.